The molecule has 3 rings (SSSR count). The lowest BCUT2D eigenvalue weighted by Crippen LogP contribution is -2.29. The van der Waals surface area contributed by atoms with Gasteiger partial charge < -0.3 is 9.88 Å². The number of para-hydroxylation sites is 1. The number of amides is 1. The van der Waals surface area contributed by atoms with E-state index < -0.39 is 0 Å². The number of nitrogens with zero attached hydrogens (tertiary/aromatic N) is 2. The fourth-order valence-electron chi connectivity index (χ4n) is 2.43. The predicted octanol–water partition coefficient (Wildman–Crippen LogP) is 2.78. The second kappa shape index (κ2) is 6.84. The Balaban J connectivity index is 1.74. The second-order valence-electron chi connectivity index (χ2n) is 5.58. The largest absolute Gasteiger partial charge is 0.338 e. The van der Waals surface area contributed by atoms with Crippen molar-refractivity contribution < 1.29 is 4.79 Å². The highest BCUT2D eigenvalue weighted by Crippen LogP contribution is 2.11. The van der Waals surface area contributed by atoms with Crippen molar-refractivity contribution in [3.8, 4) is 0 Å². The van der Waals surface area contributed by atoms with Crippen LogP contribution in [0.25, 0.3) is 10.9 Å². The molecule has 1 N–H and O–H groups in total. The number of carbonyl (C=O) groups excluding carboxylic acids is 1. The van der Waals surface area contributed by atoms with Crippen molar-refractivity contribution in [1.82, 2.24) is 14.9 Å². The van der Waals surface area contributed by atoms with E-state index >= 15 is 0 Å². The summed E-state index contributed by atoms with van der Waals surface area (Å²) in [7, 11) is 1.69. The maximum atomic E-state index is 12.3. The normalized spacial score (nSPS) is 10.8. The van der Waals surface area contributed by atoms with E-state index in [-0.39, 0.29) is 24.4 Å². The van der Waals surface area contributed by atoms with E-state index in [4.69, 9.17) is 11.6 Å². The quantitative estimate of drug-likeness (QED) is 0.793. The van der Waals surface area contributed by atoms with Crippen molar-refractivity contribution in [1.29, 1.82) is 0 Å². The molecule has 1 aromatic heterocycles. The molecule has 0 fully saturated rings. The molecule has 0 saturated heterocycles. The minimum atomic E-state index is -0.200. The number of likely N-dealkylation sites (N-methyl/N-ethyl adjacent to an activating group) is 1. The van der Waals surface area contributed by atoms with Crippen LogP contribution in [0.1, 0.15) is 11.4 Å². The number of H-pyrrole nitrogens is 1. The fourth-order valence-corrected chi connectivity index (χ4v) is 2.56. The molecule has 2 aromatic carbocycles. The van der Waals surface area contributed by atoms with Gasteiger partial charge in [-0.15, -0.1) is 0 Å². The van der Waals surface area contributed by atoms with Crippen LogP contribution in [0.4, 0.5) is 0 Å². The highest BCUT2D eigenvalue weighted by molar-refractivity contribution is 6.30. The predicted molar refractivity (Wildman–Crippen MR) is 94.0 cm³/mol. The van der Waals surface area contributed by atoms with Gasteiger partial charge in [0, 0.05) is 12.1 Å². The Hall–Kier alpha value is -2.66. The van der Waals surface area contributed by atoms with E-state index in [1.165, 1.54) is 0 Å². The molecular weight excluding hydrogens is 326 g/mol. The number of aromatic amines is 1. The average Bonchev–Trinajstić information content (AvgIpc) is 2.57. The fraction of sp³-hybridized carbons (Fsp3) is 0.167. The smallest absolute Gasteiger partial charge is 0.258 e. The summed E-state index contributed by atoms with van der Waals surface area (Å²) in [6.45, 7) is 0.243. The van der Waals surface area contributed by atoms with Crippen LogP contribution < -0.4 is 5.56 Å². The van der Waals surface area contributed by atoms with Crippen LogP contribution in [0.5, 0.6) is 0 Å². The van der Waals surface area contributed by atoms with Gasteiger partial charge in [0.1, 0.15) is 5.82 Å². The number of aromatic nitrogens is 2. The van der Waals surface area contributed by atoms with Crippen LogP contribution in [0, 0.1) is 0 Å². The summed E-state index contributed by atoms with van der Waals surface area (Å²) >= 11 is 5.84. The van der Waals surface area contributed by atoms with Gasteiger partial charge in [-0.05, 0) is 29.8 Å². The van der Waals surface area contributed by atoms with Crippen LogP contribution in [0.3, 0.4) is 0 Å². The molecule has 0 atom stereocenters. The first-order valence-electron chi connectivity index (χ1n) is 7.49. The second-order valence-corrected chi connectivity index (χ2v) is 6.02. The SMILES string of the molecule is CN(Cc1nc2ccccc2c(=O)[nH]1)C(=O)Cc1ccc(Cl)cc1. The van der Waals surface area contributed by atoms with Crippen molar-refractivity contribution >= 4 is 28.4 Å². The molecule has 0 aliphatic carbocycles. The number of benzene rings is 2. The maximum Gasteiger partial charge on any atom is 0.258 e. The average molecular weight is 342 g/mol. The van der Waals surface area contributed by atoms with Crippen molar-refractivity contribution in [2.75, 3.05) is 7.05 Å². The lowest BCUT2D eigenvalue weighted by molar-refractivity contribution is -0.129. The van der Waals surface area contributed by atoms with Crippen LogP contribution in [-0.2, 0) is 17.8 Å². The van der Waals surface area contributed by atoms with Gasteiger partial charge in [0.2, 0.25) is 5.91 Å². The van der Waals surface area contributed by atoms with Gasteiger partial charge in [0.05, 0.1) is 23.9 Å². The van der Waals surface area contributed by atoms with Crippen molar-refractivity contribution in [2.24, 2.45) is 0 Å². The van der Waals surface area contributed by atoms with E-state index in [1.807, 2.05) is 18.2 Å². The van der Waals surface area contributed by atoms with Gasteiger partial charge in [-0.3, -0.25) is 9.59 Å². The number of halogens is 1. The zero-order chi connectivity index (χ0) is 17.1. The Bertz CT molecular complexity index is 935. The summed E-state index contributed by atoms with van der Waals surface area (Å²) in [5.74, 6) is 0.402. The lowest BCUT2D eigenvalue weighted by atomic mass is 10.1. The molecule has 24 heavy (non-hydrogen) atoms. The molecule has 0 unspecified atom stereocenters. The summed E-state index contributed by atoms with van der Waals surface area (Å²) in [5.41, 5.74) is 1.31. The van der Waals surface area contributed by atoms with Crippen molar-refractivity contribution in [3.05, 3.63) is 75.3 Å². The van der Waals surface area contributed by atoms with Gasteiger partial charge in [-0.1, -0.05) is 35.9 Å². The van der Waals surface area contributed by atoms with E-state index in [9.17, 15) is 9.59 Å². The molecule has 0 bridgehead atoms. The van der Waals surface area contributed by atoms with Crippen LogP contribution in [0.15, 0.2) is 53.3 Å². The minimum Gasteiger partial charge on any atom is -0.338 e. The molecular formula is C18H16ClN3O2. The van der Waals surface area contributed by atoms with Gasteiger partial charge >= 0.3 is 0 Å². The molecule has 0 saturated carbocycles. The highest BCUT2D eigenvalue weighted by Gasteiger charge is 2.12. The standard InChI is InChI=1S/C18H16ClN3O2/c1-22(17(23)10-12-6-8-13(19)9-7-12)11-16-20-15-5-3-2-4-14(15)18(24)21-16/h2-9H,10-11H2,1H3,(H,20,21,24). The Kier molecular flexibility index (Phi) is 4.62. The molecule has 0 aliphatic heterocycles. The van der Waals surface area contributed by atoms with E-state index in [2.05, 4.69) is 9.97 Å². The number of fused-ring (bicyclic) bond motifs is 1. The lowest BCUT2D eigenvalue weighted by Gasteiger charge is -2.16. The topological polar surface area (TPSA) is 66.1 Å². The van der Waals surface area contributed by atoms with Gasteiger partial charge in [0.15, 0.2) is 0 Å². The molecule has 122 valence electrons. The third kappa shape index (κ3) is 3.63. The Labute approximate surface area is 143 Å². The molecule has 1 heterocycles. The Morgan fingerprint density at radius 3 is 2.62 bits per heavy atom. The summed E-state index contributed by atoms with van der Waals surface area (Å²) in [4.78, 5) is 33.1. The summed E-state index contributed by atoms with van der Waals surface area (Å²) in [6.07, 6.45) is 0.269. The Morgan fingerprint density at radius 2 is 1.88 bits per heavy atom. The molecule has 6 heteroatoms. The van der Waals surface area contributed by atoms with Crippen LogP contribution in [-0.4, -0.2) is 27.8 Å². The highest BCUT2D eigenvalue weighted by atomic mass is 35.5. The molecule has 5 nitrogen and oxygen atoms in total. The first-order valence-corrected chi connectivity index (χ1v) is 7.87. The number of carbonyl (C=O) groups is 1. The zero-order valence-electron chi connectivity index (χ0n) is 13.1. The molecule has 0 aliphatic rings. The molecule has 0 spiro atoms. The minimum absolute atomic E-state index is 0.0619. The number of hydrogen-bond donors (Lipinski definition) is 1. The monoisotopic (exact) mass is 341 g/mol. The van der Waals surface area contributed by atoms with Crippen molar-refractivity contribution in [3.63, 3.8) is 0 Å². The third-order valence-corrected chi connectivity index (χ3v) is 4.00. The molecule has 0 radical (unpaired) electrons. The zero-order valence-corrected chi connectivity index (χ0v) is 13.9. The van der Waals surface area contributed by atoms with E-state index in [1.54, 1.807) is 42.3 Å². The summed E-state index contributed by atoms with van der Waals surface area (Å²) in [6, 6.07) is 14.3. The first-order chi connectivity index (χ1) is 11.5. The molecule has 1 amide bonds. The van der Waals surface area contributed by atoms with Crippen LogP contribution >= 0.6 is 11.6 Å². The number of rotatable bonds is 4. The Morgan fingerprint density at radius 1 is 1.17 bits per heavy atom. The van der Waals surface area contributed by atoms with Gasteiger partial charge in [0.25, 0.3) is 5.56 Å². The number of hydrogen-bond acceptors (Lipinski definition) is 3. The van der Waals surface area contributed by atoms with E-state index in [0.717, 1.165) is 5.56 Å². The van der Waals surface area contributed by atoms with Gasteiger partial charge in [-0.25, -0.2) is 4.98 Å². The maximum absolute atomic E-state index is 12.3. The third-order valence-electron chi connectivity index (χ3n) is 3.74. The van der Waals surface area contributed by atoms with Gasteiger partial charge in [-0.2, -0.15) is 0 Å². The summed E-state index contributed by atoms with van der Waals surface area (Å²) in [5, 5.41) is 1.17. The number of nitrogens with one attached hydrogen (secondary N) is 1. The van der Waals surface area contributed by atoms with Crippen LogP contribution in [0.2, 0.25) is 5.02 Å². The van der Waals surface area contributed by atoms with Crippen molar-refractivity contribution in [2.45, 2.75) is 13.0 Å². The first kappa shape index (κ1) is 16.2. The van der Waals surface area contributed by atoms with E-state index in [0.29, 0.717) is 21.7 Å². The molecule has 3 aromatic rings. The summed E-state index contributed by atoms with van der Waals surface area (Å²) < 4.78 is 0.